The van der Waals surface area contributed by atoms with E-state index in [1.807, 2.05) is 43.5 Å². The van der Waals surface area contributed by atoms with E-state index in [9.17, 15) is 0 Å². The van der Waals surface area contributed by atoms with Crippen LogP contribution in [0.2, 0.25) is 0 Å². The van der Waals surface area contributed by atoms with Crippen molar-refractivity contribution < 1.29 is 4.74 Å². The zero-order valence-corrected chi connectivity index (χ0v) is 16.0. The van der Waals surface area contributed by atoms with Gasteiger partial charge >= 0.3 is 0 Å². The molecule has 0 saturated carbocycles. The number of hydrogen-bond donors (Lipinski definition) is 1. The summed E-state index contributed by atoms with van der Waals surface area (Å²) >= 11 is 7.43. The van der Waals surface area contributed by atoms with Crippen LogP contribution in [-0.2, 0) is 0 Å². The Morgan fingerprint density at radius 1 is 1.15 bits per heavy atom. The van der Waals surface area contributed by atoms with Gasteiger partial charge in [0.25, 0.3) is 0 Å². The molecule has 4 nitrogen and oxygen atoms in total. The van der Waals surface area contributed by atoms with E-state index >= 15 is 0 Å². The molecule has 132 valence electrons. The van der Waals surface area contributed by atoms with E-state index in [1.54, 1.807) is 11.3 Å². The highest BCUT2D eigenvalue weighted by Gasteiger charge is 2.41. The van der Waals surface area contributed by atoms with Gasteiger partial charge in [-0.1, -0.05) is 12.1 Å². The number of nitrogens with one attached hydrogen (secondary N) is 1. The van der Waals surface area contributed by atoms with Crippen molar-refractivity contribution in [2.75, 3.05) is 11.5 Å². The van der Waals surface area contributed by atoms with Crippen LogP contribution in [0.3, 0.4) is 0 Å². The van der Waals surface area contributed by atoms with Crippen LogP contribution < -0.4 is 15.0 Å². The molecule has 0 amide bonds. The highest BCUT2D eigenvalue weighted by atomic mass is 32.1. The molecule has 1 aromatic carbocycles. The van der Waals surface area contributed by atoms with Crippen LogP contribution in [-0.4, -0.2) is 16.7 Å². The zero-order valence-electron chi connectivity index (χ0n) is 14.3. The van der Waals surface area contributed by atoms with Crippen molar-refractivity contribution in [2.24, 2.45) is 0 Å². The monoisotopic (exact) mass is 381 g/mol. The average Bonchev–Trinajstić information content (AvgIpc) is 3.31. The minimum absolute atomic E-state index is 0.00826. The zero-order chi connectivity index (χ0) is 17.9. The smallest absolute Gasteiger partial charge is 0.174 e. The number of nitrogens with zero attached hydrogens (tertiary/aromatic N) is 2. The molecule has 2 aromatic heterocycles. The number of hydrogen-bond acceptors (Lipinski definition) is 4. The van der Waals surface area contributed by atoms with Gasteiger partial charge in [0.05, 0.1) is 24.4 Å². The SMILES string of the molecule is CCOc1ccc(N2C(=S)NC(c3ccccn3)C2c2cccs2)cc1. The lowest BCUT2D eigenvalue weighted by Gasteiger charge is -2.27. The summed E-state index contributed by atoms with van der Waals surface area (Å²) in [5, 5.41) is 6.28. The molecule has 0 radical (unpaired) electrons. The summed E-state index contributed by atoms with van der Waals surface area (Å²) in [5.41, 5.74) is 2.03. The molecule has 1 fully saturated rings. The maximum absolute atomic E-state index is 5.70. The van der Waals surface area contributed by atoms with Crippen LogP contribution in [0.15, 0.2) is 66.2 Å². The standard InChI is InChI=1S/C20H19N3OS2/c1-2-24-15-10-8-14(9-11-15)23-19(17-7-5-13-26-17)18(22-20(23)25)16-6-3-4-12-21-16/h3-13,18-19H,2H2,1H3,(H,22,25). The van der Waals surface area contributed by atoms with Crippen LogP contribution in [0.25, 0.3) is 0 Å². The molecule has 2 unspecified atom stereocenters. The van der Waals surface area contributed by atoms with Crippen molar-refractivity contribution in [2.45, 2.75) is 19.0 Å². The van der Waals surface area contributed by atoms with Gasteiger partial charge in [-0.2, -0.15) is 0 Å². The second-order valence-electron chi connectivity index (χ2n) is 5.94. The van der Waals surface area contributed by atoms with E-state index in [1.165, 1.54) is 4.88 Å². The van der Waals surface area contributed by atoms with E-state index < -0.39 is 0 Å². The van der Waals surface area contributed by atoms with E-state index in [0.717, 1.165) is 17.1 Å². The van der Waals surface area contributed by atoms with Crippen LogP contribution >= 0.6 is 23.6 Å². The van der Waals surface area contributed by atoms with Crippen molar-refractivity contribution >= 4 is 34.4 Å². The molecule has 0 aliphatic carbocycles. The number of rotatable bonds is 5. The second kappa shape index (κ2) is 7.43. The van der Waals surface area contributed by atoms with E-state index in [4.69, 9.17) is 17.0 Å². The van der Waals surface area contributed by atoms with Crippen LogP contribution in [0.4, 0.5) is 5.69 Å². The van der Waals surface area contributed by atoms with Gasteiger partial charge < -0.3 is 15.0 Å². The molecule has 4 rings (SSSR count). The van der Waals surface area contributed by atoms with Gasteiger partial charge in [-0.25, -0.2) is 0 Å². The molecule has 2 atom stereocenters. The molecular formula is C20H19N3OS2. The first-order valence-corrected chi connectivity index (χ1v) is 9.83. The van der Waals surface area contributed by atoms with Gasteiger partial charge in [0.1, 0.15) is 5.75 Å². The molecule has 3 aromatic rings. The predicted molar refractivity (Wildman–Crippen MR) is 110 cm³/mol. The lowest BCUT2D eigenvalue weighted by atomic mass is 10.0. The number of aromatic nitrogens is 1. The number of anilines is 1. The quantitative estimate of drug-likeness (QED) is 0.647. The lowest BCUT2D eigenvalue weighted by molar-refractivity contribution is 0.340. The molecule has 1 aliphatic heterocycles. The first-order chi connectivity index (χ1) is 12.8. The van der Waals surface area contributed by atoms with Gasteiger partial charge in [0.15, 0.2) is 5.11 Å². The maximum Gasteiger partial charge on any atom is 0.174 e. The Labute approximate surface area is 162 Å². The van der Waals surface area contributed by atoms with Crippen molar-refractivity contribution in [3.05, 3.63) is 76.7 Å². The average molecular weight is 382 g/mol. The topological polar surface area (TPSA) is 37.4 Å². The maximum atomic E-state index is 5.70. The van der Waals surface area contributed by atoms with Crippen LogP contribution in [0, 0.1) is 0 Å². The van der Waals surface area contributed by atoms with Gasteiger partial charge in [0, 0.05) is 16.8 Å². The van der Waals surface area contributed by atoms with Crippen LogP contribution in [0.1, 0.15) is 29.6 Å². The van der Waals surface area contributed by atoms with Crippen molar-refractivity contribution in [1.29, 1.82) is 0 Å². The van der Waals surface area contributed by atoms with Gasteiger partial charge in [-0.05, 0) is 67.0 Å². The van der Waals surface area contributed by atoms with Crippen molar-refractivity contribution in [1.82, 2.24) is 10.3 Å². The second-order valence-corrected chi connectivity index (χ2v) is 7.30. The Balaban J connectivity index is 1.73. The van der Waals surface area contributed by atoms with E-state index in [2.05, 4.69) is 44.8 Å². The Kier molecular flexibility index (Phi) is 4.86. The Morgan fingerprint density at radius 2 is 2.00 bits per heavy atom. The molecule has 1 N–H and O–H groups in total. The Morgan fingerprint density at radius 3 is 2.65 bits per heavy atom. The molecule has 3 heterocycles. The van der Waals surface area contributed by atoms with E-state index in [0.29, 0.717) is 11.7 Å². The normalized spacial score (nSPS) is 19.4. The highest BCUT2D eigenvalue weighted by Crippen LogP contribution is 2.43. The third-order valence-corrected chi connectivity index (χ3v) is 5.62. The molecule has 0 spiro atoms. The predicted octanol–water partition coefficient (Wildman–Crippen LogP) is 4.72. The first-order valence-electron chi connectivity index (χ1n) is 8.55. The van der Waals surface area contributed by atoms with Crippen molar-refractivity contribution in [3.63, 3.8) is 0 Å². The highest BCUT2D eigenvalue weighted by molar-refractivity contribution is 7.80. The molecule has 26 heavy (non-hydrogen) atoms. The molecule has 1 aliphatic rings. The minimum atomic E-state index is 0.00826. The van der Waals surface area contributed by atoms with Crippen LogP contribution in [0.5, 0.6) is 5.75 Å². The fourth-order valence-electron chi connectivity index (χ4n) is 3.25. The van der Waals surface area contributed by atoms with Gasteiger partial charge in [-0.3, -0.25) is 4.98 Å². The minimum Gasteiger partial charge on any atom is -0.494 e. The summed E-state index contributed by atoms with van der Waals surface area (Å²) in [6.45, 7) is 2.64. The van der Waals surface area contributed by atoms with Gasteiger partial charge in [-0.15, -0.1) is 11.3 Å². The molecule has 6 heteroatoms. The third-order valence-electron chi connectivity index (χ3n) is 4.36. The molecule has 1 saturated heterocycles. The summed E-state index contributed by atoms with van der Waals surface area (Å²) in [6.07, 6.45) is 1.82. The summed E-state index contributed by atoms with van der Waals surface area (Å²) in [6, 6.07) is 18.4. The molecule has 0 bridgehead atoms. The van der Waals surface area contributed by atoms with Gasteiger partial charge in [0.2, 0.25) is 0 Å². The summed E-state index contributed by atoms with van der Waals surface area (Å²) in [4.78, 5) is 7.99. The summed E-state index contributed by atoms with van der Waals surface area (Å²) in [7, 11) is 0. The van der Waals surface area contributed by atoms with Crippen molar-refractivity contribution in [3.8, 4) is 5.75 Å². The fraction of sp³-hybridized carbons (Fsp3) is 0.200. The summed E-state index contributed by atoms with van der Waals surface area (Å²) < 4.78 is 5.56. The molecular weight excluding hydrogens is 362 g/mol. The summed E-state index contributed by atoms with van der Waals surface area (Å²) in [5.74, 6) is 0.864. The number of thiocarbonyl (C=S) groups is 1. The van der Waals surface area contributed by atoms with E-state index in [-0.39, 0.29) is 12.1 Å². The number of thiophene rings is 1. The Bertz CT molecular complexity index is 866. The fourth-order valence-corrected chi connectivity index (χ4v) is 4.45. The number of ether oxygens (including phenoxy) is 1. The largest absolute Gasteiger partial charge is 0.494 e. The lowest BCUT2D eigenvalue weighted by Crippen LogP contribution is -2.29. The Hall–Kier alpha value is -2.44. The number of benzene rings is 1. The number of pyridine rings is 1. The first kappa shape index (κ1) is 17.0. The third kappa shape index (κ3) is 3.18.